The van der Waals surface area contributed by atoms with Crippen LogP contribution in [0.2, 0.25) is 0 Å². The van der Waals surface area contributed by atoms with Gasteiger partial charge in [0.1, 0.15) is 6.10 Å². The van der Waals surface area contributed by atoms with Crippen molar-refractivity contribution in [1.29, 1.82) is 0 Å². The van der Waals surface area contributed by atoms with Crippen molar-refractivity contribution in [2.24, 2.45) is 11.8 Å². The Labute approximate surface area is 86.6 Å². The van der Waals surface area contributed by atoms with Crippen LogP contribution in [0.25, 0.3) is 0 Å². The van der Waals surface area contributed by atoms with Crippen molar-refractivity contribution in [3.8, 4) is 0 Å². The molecule has 2 N–H and O–H groups in total. The van der Waals surface area contributed by atoms with Crippen LogP contribution in [-0.4, -0.2) is 35.6 Å². The molecule has 0 radical (unpaired) electrons. The topological polar surface area (TPSA) is 92.7 Å². The number of carbonyl (C=O) groups is 3. The summed E-state index contributed by atoms with van der Waals surface area (Å²) in [5, 5.41) is 11.3. The van der Waals surface area contributed by atoms with Crippen molar-refractivity contribution in [2.45, 2.75) is 26.0 Å². The quantitative estimate of drug-likeness (QED) is 0.471. The third-order valence-electron chi connectivity index (χ3n) is 2.70. The summed E-state index contributed by atoms with van der Waals surface area (Å²) >= 11 is 0. The molecule has 1 fully saturated rings. The van der Waals surface area contributed by atoms with Crippen LogP contribution in [0.1, 0.15) is 13.8 Å². The molecular weight excluding hydrogens is 202 g/mol. The molecule has 0 aromatic heterocycles. The van der Waals surface area contributed by atoms with Gasteiger partial charge in [-0.2, -0.15) is 0 Å². The first-order valence-electron chi connectivity index (χ1n) is 4.61. The van der Waals surface area contributed by atoms with E-state index in [1.54, 1.807) is 6.92 Å². The van der Waals surface area contributed by atoms with Crippen LogP contribution in [0.5, 0.6) is 0 Å². The molecule has 0 aliphatic carbocycles. The monoisotopic (exact) mass is 215 g/mol. The average molecular weight is 215 g/mol. The highest BCUT2D eigenvalue weighted by Gasteiger charge is 2.48. The highest BCUT2D eigenvalue weighted by molar-refractivity contribution is 5.88. The highest BCUT2D eigenvalue weighted by atomic mass is 16.5. The van der Waals surface area contributed by atoms with Crippen LogP contribution in [0, 0.1) is 11.8 Å². The van der Waals surface area contributed by atoms with E-state index in [1.807, 2.05) is 0 Å². The van der Waals surface area contributed by atoms with Crippen molar-refractivity contribution < 1.29 is 24.2 Å². The van der Waals surface area contributed by atoms with Crippen LogP contribution in [0.3, 0.4) is 0 Å². The second kappa shape index (κ2) is 4.29. The Morgan fingerprint density at radius 1 is 1.60 bits per heavy atom. The van der Waals surface area contributed by atoms with E-state index >= 15 is 0 Å². The summed E-state index contributed by atoms with van der Waals surface area (Å²) < 4.78 is 4.64. The summed E-state index contributed by atoms with van der Waals surface area (Å²) in [6.45, 7) is 3.34. The normalized spacial score (nSPS) is 28.3. The molecule has 0 saturated carbocycles. The summed E-state index contributed by atoms with van der Waals surface area (Å²) in [6, 6.07) is -0.468. The van der Waals surface area contributed by atoms with E-state index in [1.165, 1.54) is 6.92 Å². The Hall–Kier alpha value is -1.59. The molecule has 2 unspecified atom stereocenters. The lowest BCUT2D eigenvalue weighted by Crippen LogP contribution is -2.65. The van der Waals surface area contributed by atoms with Gasteiger partial charge in [-0.15, -0.1) is 0 Å². The lowest BCUT2D eigenvalue weighted by molar-refractivity contribution is -0.155. The Balaban J connectivity index is 2.65. The maximum atomic E-state index is 11.2. The lowest BCUT2D eigenvalue weighted by atomic mass is 9.79. The predicted octanol–water partition coefficient (Wildman–Crippen LogP) is -0.617. The smallest absolute Gasteiger partial charge is 0.308 e. The van der Waals surface area contributed by atoms with Crippen LogP contribution in [-0.2, 0) is 19.1 Å². The summed E-state index contributed by atoms with van der Waals surface area (Å²) in [7, 11) is 0. The van der Waals surface area contributed by atoms with E-state index in [0.29, 0.717) is 0 Å². The van der Waals surface area contributed by atoms with Gasteiger partial charge in [0, 0.05) is 0 Å². The van der Waals surface area contributed by atoms with Crippen LogP contribution >= 0.6 is 0 Å². The molecule has 1 aliphatic rings. The molecule has 0 aromatic rings. The van der Waals surface area contributed by atoms with Crippen LogP contribution in [0.4, 0.5) is 0 Å². The van der Waals surface area contributed by atoms with Crippen molar-refractivity contribution >= 4 is 18.3 Å². The zero-order valence-electron chi connectivity index (χ0n) is 8.47. The van der Waals surface area contributed by atoms with Gasteiger partial charge in [0.25, 0.3) is 6.47 Å². The lowest BCUT2D eigenvalue weighted by Gasteiger charge is -2.41. The minimum Gasteiger partial charge on any atom is -0.481 e. The van der Waals surface area contributed by atoms with Crippen molar-refractivity contribution in [3.05, 3.63) is 0 Å². The molecule has 1 heterocycles. The van der Waals surface area contributed by atoms with E-state index in [2.05, 4.69) is 10.1 Å². The number of amides is 1. The van der Waals surface area contributed by atoms with Gasteiger partial charge in [0.15, 0.2) is 0 Å². The fourth-order valence-electron chi connectivity index (χ4n) is 1.68. The molecule has 1 aliphatic heterocycles. The van der Waals surface area contributed by atoms with Gasteiger partial charge < -0.3 is 15.2 Å². The van der Waals surface area contributed by atoms with E-state index in [9.17, 15) is 14.4 Å². The zero-order valence-corrected chi connectivity index (χ0v) is 8.47. The van der Waals surface area contributed by atoms with E-state index in [0.717, 1.165) is 0 Å². The summed E-state index contributed by atoms with van der Waals surface area (Å²) in [5.41, 5.74) is 0. The first kappa shape index (κ1) is 11.5. The number of carboxylic acid groups (broad SMARTS) is 1. The molecule has 1 saturated heterocycles. The minimum atomic E-state index is -0.983. The van der Waals surface area contributed by atoms with Crippen LogP contribution < -0.4 is 5.32 Å². The molecule has 1 rings (SSSR count). The number of hydrogen-bond acceptors (Lipinski definition) is 4. The van der Waals surface area contributed by atoms with Crippen molar-refractivity contribution in [1.82, 2.24) is 5.32 Å². The second-order valence-corrected chi connectivity index (χ2v) is 3.62. The Morgan fingerprint density at radius 3 is 2.60 bits per heavy atom. The molecule has 1 amide bonds. The van der Waals surface area contributed by atoms with Gasteiger partial charge >= 0.3 is 5.97 Å². The molecule has 6 heteroatoms. The number of β-lactam (4-membered cyclic amide) rings is 1. The van der Waals surface area contributed by atoms with E-state index < -0.39 is 30.0 Å². The Morgan fingerprint density at radius 2 is 2.20 bits per heavy atom. The minimum absolute atomic E-state index is 0.263. The third kappa shape index (κ3) is 2.08. The summed E-state index contributed by atoms with van der Waals surface area (Å²) in [5.74, 6) is -2.52. The standard InChI is InChI=1S/C9H13NO5/c1-4(9(13)14)7-6(8(12)10-7)5(2)15-3-11/h3-7H,1-2H3,(H,10,12)(H,13,14)/t4?,5?,6-,7-/m1/s1. The van der Waals surface area contributed by atoms with Gasteiger partial charge in [-0.05, 0) is 13.8 Å². The second-order valence-electron chi connectivity index (χ2n) is 3.62. The number of carbonyl (C=O) groups excluding carboxylic acids is 2. The molecular formula is C9H13NO5. The zero-order chi connectivity index (χ0) is 11.6. The van der Waals surface area contributed by atoms with Crippen LogP contribution in [0.15, 0.2) is 0 Å². The number of nitrogens with one attached hydrogen (secondary N) is 1. The van der Waals surface area contributed by atoms with Crippen molar-refractivity contribution in [3.63, 3.8) is 0 Å². The maximum Gasteiger partial charge on any atom is 0.308 e. The number of aliphatic carboxylic acids is 1. The van der Waals surface area contributed by atoms with Gasteiger partial charge in [-0.1, -0.05) is 0 Å². The molecule has 0 spiro atoms. The van der Waals surface area contributed by atoms with E-state index in [4.69, 9.17) is 5.11 Å². The number of ether oxygens (including phenoxy) is 1. The summed E-state index contributed by atoms with van der Waals surface area (Å²) in [4.78, 5) is 32.0. The first-order chi connectivity index (χ1) is 6.99. The fourth-order valence-corrected chi connectivity index (χ4v) is 1.68. The summed E-state index contributed by atoms with van der Waals surface area (Å²) in [6.07, 6.45) is -0.594. The molecule has 84 valence electrons. The number of carboxylic acids is 1. The van der Waals surface area contributed by atoms with Gasteiger partial charge in [-0.25, -0.2) is 0 Å². The number of hydrogen-bond donors (Lipinski definition) is 2. The third-order valence-corrected chi connectivity index (χ3v) is 2.70. The Kier molecular flexibility index (Phi) is 3.28. The fraction of sp³-hybridized carbons (Fsp3) is 0.667. The molecule has 6 nitrogen and oxygen atoms in total. The Bertz CT molecular complexity index is 290. The van der Waals surface area contributed by atoms with E-state index in [-0.39, 0.29) is 12.4 Å². The molecule has 0 bridgehead atoms. The molecule has 0 aromatic carbocycles. The van der Waals surface area contributed by atoms with Crippen molar-refractivity contribution in [2.75, 3.05) is 0 Å². The molecule has 4 atom stereocenters. The van der Waals surface area contributed by atoms with Gasteiger partial charge in [0.2, 0.25) is 5.91 Å². The van der Waals surface area contributed by atoms with Gasteiger partial charge in [-0.3, -0.25) is 14.4 Å². The number of rotatable bonds is 5. The molecule has 15 heavy (non-hydrogen) atoms. The highest BCUT2D eigenvalue weighted by Crippen LogP contribution is 2.26. The largest absolute Gasteiger partial charge is 0.481 e. The maximum absolute atomic E-state index is 11.2. The van der Waals surface area contributed by atoms with Gasteiger partial charge in [0.05, 0.1) is 17.9 Å². The SMILES string of the molecule is CC(C(=O)O)[C@H]1NC(=O)[C@@H]1C(C)OC=O. The average Bonchev–Trinajstić information content (AvgIpc) is 2.12. The predicted molar refractivity (Wildman–Crippen MR) is 48.8 cm³/mol. The first-order valence-corrected chi connectivity index (χ1v) is 4.61.